The standard InChI is InChI=1S/C24H21N3O6/c1-2-24(30)13-5-16-20-11(7-27(16)22(28)12(13)8-31-23(24)29)18-14(25)4-3-10-19(18)15(26-20)6-17-21(10)33-9-32-17/h5-6,14,30H,2-4,7-9,25H2,1H3/t14-,24+/m1/s1. The molecule has 3 aromatic rings. The van der Waals surface area contributed by atoms with Crippen LogP contribution in [0.1, 0.15) is 53.6 Å². The van der Waals surface area contributed by atoms with Crippen molar-refractivity contribution in [3.63, 3.8) is 0 Å². The third-order valence-corrected chi connectivity index (χ3v) is 7.53. The molecule has 0 amide bonds. The van der Waals surface area contributed by atoms with Crippen LogP contribution in [0, 0.1) is 0 Å². The monoisotopic (exact) mass is 447 g/mol. The summed E-state index contributed by atoms with van der Waals surface area (Å²) in [4.78, 5) is 30.8. The van der Waals surface area contributed by atoms with Crippen molar-refractivity contribution in [2.75, 3.05) is 6.79 Å². The highest BCUT2D eigenvalue weighted by Gasteiger charge is 2.46. The van der Waals surface area contributed by atoms with E-state index in [1.165, 1.54) is 0 Å². The van der Waals surface area contributed by atoms with Crippen molar-refractivity contribution < 1.29 is 24.1 Å². The molecule has 3 aliphatic heterocycles. The van der Waals surface area contributed by atoms with E-state index in [0.717, 1.165) is 46.2 Å². The average Bonchev–Trinajstić information content (AvgIpc) is 3.43. The summed E-state index contributed by atoms with van der Waals surface area (Å²) in [6.07, 6.45) is 1.61. The molecular formula is C24H21N3O6. The number of carbonyl (C=O) groups excluding carboxylic acids is 1. The van der Waals surface area contributed by atoms with Crippen molar-refractivity contribution in [2.24, 2.45) is 5.73 Å². The molecule has 9 heteroatoms. The van der Waals surface area contributed by atoms with Gasteiger partial charge >= 0.3 is 5.97 Å². The first-order valence-electron chi connectivity index (χ1n) is 11.1. The number of aryl methyl sites for hydroxylation is 1. The highest BCUT2D eigenvalue weighted by atomic mass is 16.7. The Hall–Kier alpha value is -3.43. The molecule has 0 unspecified atom stereocenters. The summed E-state index contributed by atoms with van der Waals surface area (Å²) in [5.41, 5.74) is 9.98. The molecule has 4 aliphatic rings. The largest absolute Gasteiger partial charge is 0.458 e. The van der Waals surface area contributed by atoms with E-state index in [2.05, 4.69) is 0 Å². The first-order valence-corrected chi connectivity index (χ1v) is 11.1. The Morgan fingerprint density at radius 3 is 2.88 bits per heavy atom. The van der Waals surface area contributed by atoms with E-state index in [9.17, 15) is 14.7 Å². The highest BCUT2D eigenvalue weighted by Crippen LogP contribution is 2.49. The maximum absolute atomic E-state index is 13.5. The van der Waals surface area contributed by atoms with Crippen molar-refractivity contribution >= 4 is 16.9 Å². The summed E-state index contributed by atoms with van der Waals surface area (Å²) < 4.78 is 18.2. The van der Waals surface area contributed by atoms with E-state index in [1.54, 1.807) is 17.6 Å². The Balaban J connectivity index is 1.56. The summed E-state index contributed by atoms with van der Waals surface area (Å²) in [5, 5.41) is 12.1. The Kier molecular flexibility index (Phi) is 3.54. The number of cyclic esters (lactones) is 1. The van der Waals surface area contributed by atoms with Gasteiger partial charge in [-0.2, -0.15) is 0 Å². The van der Waals surface area contributed by atoms with Crippen LogP contribution in [0.5, 0.6) is 11.5 Å². The lowest BCUT2D eigenvalue weighted by Gasteiger charge is -2.31. The summed E-state index contributed by atoms with van der Waals surface area (Å²) in [6.45, 7) is 2.04. The SMILES string of the molecule is CC[C@@]1(O)C(=O)OCc2c1cc1n(c2=O)Cc2c-1nc1cc3c(c4c1c2[C@H](N)CC4)OCO3. The summed E-state index contributed by atoms with van der Waals surface area (Å²) in [5.74, 6) is 0.681. The molecule has 9 nitrogen and oxygen atoms in total. The quantitative estimate of drug-likeness (QED) is 0.423. The van der Waals surface area contributed by atoms with E-state index in [4.69, 9.17) is 24.9 Å². The van der Waals surface area contributed by atoms with Gasteiger partial charge in [-0.15, -0.1) is 0 Å². The minimum Gasteiger partial charge on any atom is -0.458 e. The normalized spacial score (nSPS) is 23.8. The fraction of sp³-hybridized carbons (Fsp3) is 0.375. The molecule has 2 aromatic heterocycles. The van der Waals surface area contributed by atoms with Crippen molar-refractivity contribution in [1.82, 2.24) is 9.55 Å². The van der Waals surface area contributed by atoms with Gasteiger partial charge < -0.3 is 29.6 Å². The number of carbonyl (C=O) groups is 1. The van der Waals surface area contributed by atoms with Crippen molar-refractivity contribution in [3.8, 4) is 22.9 Å². The second kappa shape index (κ2) is 6.12. The molecule has 0 saturated heterocycles. The third-order valence-electron chi connectivity index (χ3n) is 7.53. The molecule has 2 atom stereocenters. The fourth-order valence-corrected chi connectivity index (χ4v) is 5.83. The van der Waals surface area contributed by atoms with Crippen LogP contribution in [-0.2, 0) is 34.7 Å². The number of ether oxygens (including phenoxy) is 3. The maximum Gasteiger partial charge on any atom is 0.343 e. The van der Waals surface area contributed by atoms with Crippen LogP contribution < -0.4 is 20.8 Å². The zero-order valence-electron chi connectivity index (χ0n) is 17.9. The van der Waals surface area contributed by atoms with Gasteiger partial charge in [-0.25, -0.2) is 9.78 Å². The van der Waals surface area contributed by atoms with Gasteiger partial charge in [0, 0.05) is 34.2 Å². The van der Waals surface area contributed by atoms with Crippen LogP contribution in [0.25, 0.3) is 22.3 Å². The number of rotatable bonds is 1. The Morgan fingerprint density at radius 1 is 1.21 bits per heavy atom. The van der Waals surface area contributed by atoms with E-state index in [-0.39, 0.29) is 31.4 Å². The van der Waals surface area contributed by atoms with Gasteiger partial charge in [-0.3, -0.25) is 4.79 Å². The molecule has 0 saturated carbocycles. The van der Waals surface area contributed by atoms with E-state index < -0.39 is 11.6 Å². The molecule has 33 heavy (non-hydrogen) atoms. The lowest BCUT2D eigenvalue weighted by atomic mass is 9.83. The van der Waals surface area contributed by atoms with Crippen LogP contribution in [0.15, 0.2) is 16.9 Å². The van der Waals surface area contributed by atoms with Gasteiger partial charge in [-0.05, 0) is 30.9 Å². The molecule has 0 bridgehead atoms. The first kappa shape index (κ1) is 19.1. The van der Waals surface area contributed by atoms with Crippen molar-refractivity contribution in [2.45, 2.75) is 51.0 Å². The number of esters is 1. The number of benzene rings is 1. The van der Waals surface area contributed by atoms with E-state index in [1.807, 2.05) is 6.07 Å². The zero-order valence-corrected chi connectivity index (χ0v) is 17.9. The number of aromatic nitrogens is 2. The van der Waals surface area contributed by atoms with Gasteiger partial charge in [0.25, 0.3) is 5.56 Å². The molecule has 168 valence electrons. The summed E-state index contributed by atoms with van der Waals surface area (Å²) in [7, 11) is 0. The zero-order chi connectivity index (χ0) is 22.6. The van der Waals surface area contributed by atoms with Crippen molar-refractivity contribution in [3.05, 3.63) is 50.3 Å². The molecule has 7 rings (SSSR count). The van der Waals surface area contributed by atoms with Gasteiger partial charge in [0.2, 0.25) is 6.79 Å². The van der Waals surface area contributed by atoms with Crippen molar-refractivity contribution in [1.29, 1.82) is 0 Å². The second-order valence-corrected chi connectivity index (χ2v) is 9.08. The molecule has 3 N–H and O–H groups in total. The number of hydrogen-bond acceptors (Lipinski definition) is 8. The topological polar surface area (TPSA) is 126 Å². The van der Waals surface area contributed by atoms with Crippen LogP contribution >= 0.6 is 0 Å². The molecular weight excluding hydrogens is 426 g/mol. The third kappa shape index (κ3) is 2.21. The number of hydrogen-bond donors (Lipinski definition) is 2. The van der Waals surface area contributed by atoms with Crippen LogP contribution in [0.3, 0.4) is 0 Å². The fourth-order valence-electron chi connectivity index (χ4n) is 5.83. The summed E-state index contributed by atoms with van der Waals surface area (Å²) in [6, 6.07) is 3.39. The number of pyridine rings is 2. The number of fused-ring (bicyclic) bond motifs is 7. The molecule has 0 radical (unpaired) electrons. The first-order chi connectivity index (χ1) is 15.9. The van der Waals surface area contributed by atoms with Gasteiger partial charge in [0.15, 0.2) is 17.1 Å². The Morgan fingerprint density at radius 2 is 2.06 bits per heavy atom. The number of nitrogens with zero attached hydrogens (tertiary/aromatic N) is 2. The van der Waals surface area contributed by atoms with E-state index >= 15 is 0 Å². The minimum absolute atomic E-state index is 0.0999. The minimum atomic E-state index is -1.86. The van der Waals surface area contributed by atoms with E-state index in [0.29, 0.717) is 34.8 Å². The smallest absolute Gasteiger partial charge is 0.343 e. The average molecular weight is 447 g/mol. The maximum atomic E-state index is 13.5. The Labute approximate surface area is 187 Å². The number of nitrogens with two attached hydrogens (primary N) is 1. The highest BCUT2D eigenvalue weighted by molar-refractivity contribution is 5.95. The lowest BCUT2D eigenvalue weighted by Crippen LogP contribution is -2.44. The number of aliphatic hydroxyl groups is 1. The summed E-state index contributed by atoms with van der Waals surface area (Å²) >= 11 is 0. The van der Waals surface area contributed by atoms with Gasteiger partial charge in [0.05, 0.1) is 29.0 Å². The molecule has 0 spiro atoms. The molecule has 5 heterocycles. The second-order valence-electron chi connectivity index (χ2n) is 9.08. The van der Waals surface area contributed by atoms with Gasteiger partial charge in [0.1, 0.15) is 6.61 Å². The lowest BCUT2D eigenvalue weighted by molar-refractivity contribution is -0.172. The predicted molar refractivity (Wildman–Crippen MR) is 116 cm³/mol. The van der Waals surface area contributed by atoms with Crippen LogP contribution in [0.2, 0.25) is 0 Å². The molecule has 1 aromatic carbocycles. The van der Waals surface area contributed by atoms with Gasteiger partial charge in [-0.1, -0.05) is 6.92 Å². The van der Waals surface area contributed by atoms with Crippen LogP contribution in [-0.4, -0.2) is 27.4 Å². The molecule has 1 aliphatic carbocycles. The predicted octanol–water partition coefficient (Wildman–Crippen LogP) is 1.75. The molecule has 0 fully saturated rings. The van der Waals surface area contributed by atoms with Crippen LogP contribution in [0.4, 0.5) is 0 Å². The Bertz CT molecular complexity index is 1490.